The van der Waals surface area contributed by atoms with Crippen molar-refractivity contribution < 1.29 is 0 Å². The second-order valence-corrected chi connectivity index (χ2v) is 6.16. The molecule has 1 saturated heterocycles. The van der Waals surface area contributed by atoms with Gasteiger partial charge >= 0.3 is 0 Å². The van der Waals surface area contributed by atoms with Gasteiger partial charge in [-0.05, 0) is 30.9 Å². The largest absolute Gasteiger partial charge is 0.344 e. The van der Waals surface area contributed by atoms with Crippen LogP contribution in [-0.2, 0) is 19.5 Å². The minimum absolute atomic E-state index is 1.11. The Bertz CT molecular complexity index is 635. The lowest BCUT2D eigenvalue weighted by atomic mass is 10.0. The number of rotatable bonds is 2. The lowest BCUT2D eigenvalue weighted by Crippen LogP contribution is -2.42. The highest BCUT2D eigenvalue weighted by Crippen LogP contribution is 2.33. The molecular formula is C17H23N3. The van der Waals surface area contributed by atoms with Crippen LogP contribution in [0.25, 0.3) is 10.9 Å². The molecule has 0 saturated carbocycles. The standard InChI is InChI=1S/C17H23N3/c1-13-16(12-19-10-7-18-8-11-19)15-6-2-4-14-5-3-9-20(13)17(14)15/h2,4,6,18H,3,5,7-12H2,1H3. The van der Waals surface area contributed by atoms with E-state index in [1.165, 1.54) is 49.1 Å². The highest BCUT2D eigenvalue weighted by molar-refractivity contribution is 5.88. The summed E-state index contributed by atoms with van der Waals surface area (Å²) in [6, 6.07) is 6.88. The summed E-state index contributed by atoms with van der Waals surface area (Å²) < 4.78 is 2.56. The van der Waals surface area contributed by atoms with Crippen molar-refractivity contribution in [1.29, 1.82) is 0 Å². The predicted octanol–water partition coefficient (Wildman–Crippen LogP) is 2.30. The molecule has 3 heteroatoms. The van der Waals surface area contributed by atoms with E-state index in [1.54, 1.807) is 11.1 Å². The first-order valence-corrected chi connectivity index (χ1v) is 7.87. The summed E-state index contributed by atoms with van der Waals surface area (Å²) in [5.41, 5.74) is 6.11. The van der Waals surface area contributed by atoms with Gasteiger partial charge in [0.15, 0.2) is 0 Å². The van der Waals surface area contributed by atoms with Gasteiger partial charge in [0.05, 0.1) is 5.52 Å². The molecule has 20 heavy (non-hydrogen) atoms. The van der Waals surface area contributed by atoms with E-state index in [2.05, 4.69) is 39.9 Å². The predicted molar refractivity (Wildman–Crippen MR) is 83.1 cm³/mol. The third kappa shape index (κ3) is 1.88. The Kier molecular flexibility index (Phi) is 3.04. The first kappa shape index (κ1) is 12.4. The van der Waals surface area contributed by atoms with Crippen LogP contribution in [0, 0.1) is 6.92 Å². The molecule has 2 aliphatic rings. The molecular weight excluding hydrogens is 246 g/mol. The van der Waals surface area contributed by atoms with E-state index < -0.39 is 0 Å². The molecule has 1 N–H and O–H groups in total. The average molecular weight is 269 g/mol. The van der Waals surface area contributed by atoms with Crippen LogP contribution in [0.3, 0.4) is 0 Å². The summed E-state index contributed by atoms with van der Waals surface area (Å²) in [4.78, 5) is 2.59. The quantitative estimate of drug-likeness (QED) is 0.903. The number of benzene rings is 1. The summed E-state index contributed by atoms with van der Waals surface area (Å²) in [7, 11) is 0. The second kappa shape index (κ2) is 4.90. The molecule has 4 rings (SSSR count). The Morgan fingerprint density at radius 3 is 2.85 bits per heavy atom. The summed E-state index contributed by atoms with van der Waals surface area (Å²) in [6.07, 6.45) is 2.53. The van der Waals surface area contributed by atoms with Crippen LogP contribution in [-0.4, -0.2) is 35.6 Å². The topological polar surface area (TPSA) is 20.2 Å². The number of hydrogen-bond acceptors (Lipinski definition) is 2. The van der Waals surface area contributed by atoms with E-state index >= 15 is 0 Å². The van der Waals surface area contributed by atoms with E-state index in [9.17, 15) is 0 Å². The van der Waals surface area contributed by atoms with Gasteiger partial charge in [-0.25, -0.2) is 0 Å². The van der Waals surface area contributed by atoms with Gasteiger partial charge in [0, 0.05) is 50.3 Å². The number of nitrogens with zero attached hydrogens (tertiary/aromatic N) is 2. The maximum atomic E-state index is 3.44. The van der Waals surface area contributed by atoms with Crippen molar-refractivity contribution in [3.8, 4) is 0 Å². The summed E-state index contributed by atoms with van der Waals surface area (Å²) in [5, 5.41) is 4.94. The molecule has 0 aliphatic carbocycles. The SMILES string of the molecule is Cc1c(CN2CCNCC2)c2cccc3c2n1CCC3. The van der Waals surface area contributed by atoms with E-state index in [-0.39, 0.29) is 0 Å². The Hall–Kier alpha value is -1.32. The molecule has 106 valence electrons. The average Bonchev–Trinajstić information content (AvgIpc) is 2.77. The highest BCUT2D eigenvalue weighted by atomic mass is 15.2. The van der Waals surface area contributed by atoms with Crippen molar-refractivity contribution >= 4 is 10.9 Å². The fraction of sp³-hybridized carbons (Fsp3) is 0.529. The first-order chi connectivity index (χ1) is 9.84. The third-order valence-corrected chi connectivity index (χ3v) is 4.98. The van der Waals surface area contributed by atoms with Gasteiger partial charge in [-0.1, -0.05) is 18.2 Å². The van der Waals surface area contributed by atoms with Gasteiger partial charge in [-0.2, -0.15) is 0 Å². The molecule has 1 aromatic heterocycles. The van der Waals surface area contributed by atoms with E-state index in [0.29, 0.717) is 0 Å². The van der Waals surface area contributed by atoms with Crippen LogP contribution in [0.1, 0.15) is 23.2 Å². The lowest BCUT2D eigenvalue weighted by molar-refractivity contribution is 0.233. The molecule has 2 aliphatic heterocycles. The normalized spacial score (nSPS) is 19.6. The zero-order chi connectivity index (χ0) is 13.5. The molecule has 0 amide bonds. The highest BCUT2D eigenvalue weighted by Gasteiger charge is 2.21. The Labute approximate surface area is 120 Å². The smallest absolute Gasteiger partial charge is 0.0518 e. The van der Waals surface area contributed by atoms with Crippen molar-refractivity contribution in [2.45, 2.75) is 32.9 Å². The van der Waals surface area contributed by atoms with E-state index in [1.807, 2.05) is 0 Å². The Balaban J connectivity index is 1.79. The first-order valence-electron chi connectivity index (χ1n) is 7.87. The van der Waals surface area contributed by atoms with Gasteiger partial charge in [-0.3, -0.25) is 4.90 Å². The fourth-order valence-corrected chi connectivity index (χ4v) is 3.88. The number of aryl methyl sites for hydroxylation is 2. The monoisotopic (exact) mass is 269 g/mol. The lowest BCUT2D eigenvalue weighted by Gasteiger charge is -2.27. The summed E-state index contributed by atoms with van der Waals surface area (Å²) >= 11 is 0. The van der Waals surface area contributed by atoms with Gasteiger partial charge < -0.3 is 9.88 Å². The Morgan fingerprint density at radius 1 is 1.15 bits per heavy atom. The van der Waals surface area contributed by atoms with Crippen molar-refractivity contribution in [2.75, 3.05) is 26.2 Å². The molecule has 3 heterocycles. The molecule has 0 radical (unpaired) electrons. The maximum absolute atomic E-state index is 3.44. The minimum Gasteiger partial charge on any atom is -0.344 e. The summed E-state index contributed by atoms with van der Waals surface area (Å²) in [5.74, 6) is 0. The molecule has 0 spiro atoms. The van der Waals surface area contributed by atoms with Crippen LogP contribution in [0.5, 0.6) is 0 Å². The van der Waals surface area contributed by atoms with Gasteiger partial charge in [-0.15, -0.1) is 0 Å². The molecule has 2 aromatic rings. The van der Waals surface area contributed by atoms with Gasteiger partial charge in [0.1, 0.15) is 0 Å². The molecule has 3 nitrogen and oxygen atoms in total. The minimum atomic E-state index is 1.11. The maximum Gasteiger partial charge on any atom is 0.0518 e. The van der Waals surface area contributed by atoms with Crippen molar-refractivity contribution in [1.82, 2.24) is 14.8 Å². The van der Waals surface area contributed by atoms with Gasteiger partial charge in [0.25, 0.3) is 0 Å². The van der Waals surface area contributed by atoms with Crippen molar-refractivity contribution in [3.63, 3.8) is 0 Å². The third-order valence-electron chi connectivity index (χ3n) is 4.98. The van der Waals surface area contributed by atoms with Crippen LogP contribution in [0.2, 0.25) is 0 Å². The molecule has 0 unspecified atom stereocenters. The molecule has 0 bridgehead atoms. The number of aromatic nitrogens is 1. The number of piperazine rings is 1. The fourth-order valence-electron chi connectivity index (χ4n) is 3.88. The zero-order valence-corrected chi connectivity index (χ0v) is 12.3. The van der Waals surface area contributed by atoms with E-state index in [4.69, 9.17) is 0 Å². The van der Waals surface area contributed by atoms with Crippen LogP contribution < -0.4 is 5.32 Å². The number of para-hydroxylation sites is 1. The van der Waals surface area contributed by atoms with Crippen molar-refractivity contribution in [3.05, 3.63) is 35.0 Å². The second-order valence-electron chi connectivity index (χ2n) is 6.16. The van der Waals surface area contributed by atoms with Crippen LogP contribution >= 0.6 is 0 Å². The van der Waals surface area contributed by atoms with Crippen molar-refractivity contribution in [2.24, 2.45) is 0 Å². The number of nitrogens with one attached hydrogen (secondary N) is 1. The van der Waals surface area contributed by atoms with Gasteiger partial charge in [0.2, 0.25) is 0 Å². The van der Waals surface area contributed by atoms with E-state index in [0.717, 1.165) is 19.6 Å². The summed E-state index contributed by atoms with van der Waals surface area (Å²) in [6.45, 7) is 9.22. The number of hydrogen-bond donors (Lipinski definition) is 1. The molecule has 1 fully saturated rings. The zero-order valence-electron chi connectivity index (χ0n) is 12.3. The molecule has 0 atom stereocenters. The Morgan fingerprint density at radius 2 is 2.00 bits per heavy atom. The molecule has 1 aromatic carbocycles. The van der Waals surface area contributed by atoms with Crippen LogP contribution in [0.15, 0.2) is 18.2 Å². The van der Waals surface area contributed by atoms with Crippen LogP contribution in [0.4, 0.5) is 0 Å².